The molecule has 2 aromatic carbocycles. The highest BCUT2D eigenvalue weighted by atomic mass is 32.1. The van der Waals surface area contributed by atoms with Gasteiger partial charge in [-0.2, -0.15) is 0 Å². The van der Waals surface area contributed by atoms with Gasteiger partial charge in [-0.05, 0) is 48.1 Å². The van der Waals surface area contributed by atoms with Crippen LogP contribution < -0.4 is 16.0 Å². The van der Waals surface area contributed by atoms with Gasteiger partial charge in [0, 0.05) is 37.1 Å². The highest BCUT2D eigenvalue weighted by molar-refractivity contribution is 7.09. The van der Waals surface area contributed by atoms with Crippen LogP contribution in [0.25, 0.3) is 0 Å². The van der Waals surface area contributed by atoms with Gasteiger partial charge in [0.1, 0.15) is 12.6 Å². The number of carbonyl (C=O) groups is 3. The zero-order valence-corrected chi connectivity index (χ0v) is 32.1. The van der Waals surface area contributed by atoms with E-state index in [0.717, 1.165) is 27.6 Å². The van der Waals surface area contributed by atoms with Crippen molar-refractivity contribution in [2.24, 2.45) is 17.8 Å². The van der Waals surface area contributed by atoms with Gasteiger partial charge in [-0.3, -0.25) is 9.78 Å². The smallest absolute Gasteiger partial charge is 0.407 e. The van der Waals surface area contributed by atoms with Gasteiger partial charge >= 0.3 is 12.1 Å². The van der Waals surface area contributed by atoms with E-state index >= 15 is 0 Å². The summed E-state index contributed by atoms with van der Waals surface area (Å²) in [6, 6.07) is 19.0. The molecule has 0 saturated heterocycles. The summed E-state index contributed by atoms with van der Waals surface area (Å²) in [5.41, 5.74) is 4.81. The van der Waals surface area contributed by atoms with Crippen molar-refractivity contribution in [2.75, 3.05) is 13.6 Å². The third kappa shape index (κ3) is 13.1. The molecule has 2 aromatic heterocycles. The average molecular weight is 733 g/mol. The van der Waals surface area contributed by atoms with E-state index in [2.05, 4.69) is 71.0 Å². The summed E-state index contributed by atoms with van der Waals surface area (Å²) in [5, 5.41) is 12.3. The van der Waals surface area contributed by atoms with Crippen molar-refractivity contribution < 1.29 is 19.1 Å². The molecule has 4 atom stereocenters. The van der Waals surface area contributed by atoms with Gasteiger partial charge in [-0.1, -0.05) is 95.3 Å². The molecule has 2 heterocycles. The van der Waals surface area contributed by atoms with Crippen molar-refractivity contribution in [3.05, 3.63) is 104 Å². The number of hydrogen-bond acceptors (Lipinski definition) is 8. The maximum atomic E-state index is 14.0. The lowest BCUT2D eigenvalue weighted by Crippen LogP contribution is -2.55. The molecule has 2 unspecified atom stereocenters. The van der Waals surface area contributed by atoms with E-state index in [0.29, 0.717) is 31.8 Å². The van der Waals surface area contributed by atoms with E-state index in [-0.39, 0.29) is 42.3 Å². The lowest BCUT2D eigenvalue weighted by atomic mass is 9.82. The van der Waals surface area contributed by atoms with Crippen LogP contribution in [0.5, 0.6) is 0 Å². The Labute approximate surface area is 310 Å². The molecule has 0 aliphatic heterocycles. The summed E-state index contributed by atoms with van der Waals surface area (Å²) in [6.45, 7) is 11.2. The van der Waals surface area contributed by atoms with Crippen LogP contribution in [0.1, 0.15) is 73.7 Å². The minimum Gasteiger partial charge on any atom is -0.444 e. The maximum absolute atomic E-state index is 14.0. The Morgan fingerprint density at radius 3 is 2.14 bits per heavy atom. The van der Waals surface area contributed by atoms with E-state index < -0.39 is 12.1 Å². The Hall–Kier alpha value is -4.29. The van der Waals surface area contributed by atoms with Crippen LogP contribution in [0.3, 0.4) is 0 Å². The van der Waals surface area contributed by atoms with Crippen LogP contribution in [0.2, 0.25) is 0 Å². The summed E-state index contributed by atoms with van der Waals surface area (Å²) in [5.74, 6) is 0.127. The number of ether oxygens (including phenoxy) is 1. The highest BCUT2D eigenvalue weighted by Gasteiger charge is 2.30. The number of alkyl carbamates (subject to hydrolysis) is 1. The zero-order chi connectivity index (χ0) is 36.8. The number of benzene rings is 2. The van der Waals surface area contributed by atoms with Gasteiger partial charge in [-0.15, -0.1) is 22.7 Å². The molecule has 4 amide bonds. The Morgan fingerprint density at radius 2 is 1.55 bits per heavy atom. The van der Waals surface area contributed by atoms with Crippen LogP contribution >= 0.6 is 22.7 Å². The summed E-state index contributed by atoms with van der Waals surface area (Å²) >= 11 is 3.03. The Morgan fingerprint density at radius 1 is 0.882 bits per heavy atom. The number of thiazole rings is 2. The van der Waals surface area contributed by atoms with Crippen molar-refractivity contribution in [3.63, 3.8) is 0 Å². The lowest BCUT2D eigenvalue weighted by molar-refractivity contribution is -0.124. The first-order valence-corrected chi connectivity index (χ1v) is 19.4. The topological polar surface area (TPSA) is 126 Å². The van der Waals surface area contributed by atoms with Crippen LogP contribution in [-0.2, 0) is 35.5 Å². The second kappa shape index (κ2) is 19.9. The third-order valence-electron chi connectivity index (χ3n) is 8.85. The molecular formula is C39H52N6O4S2. The van der Waals surface area contributed by atoms with Gasteiger partial charge in [-0.25, -0.2) is 14.6 Å². The number of hydrogen-bond donors (Lipinski definition) is 3. The maximum Gasteiger partial charge on any atom is 0.407 e. The first-order chi connectivity index (χ1) is 24.5. The van der Waals surface area contributed by atoms with Gasteiger partial charge < -0.3 is 25.6 Å². The second-order valence-electron chi connectivity index (χ2n) is 13.8. The molecule has 0 spiro atoms. The SMILES string of the molecule is CC(C)c1nc(CN(C)C(=O)N[C@H](C(=O)N[C@@H](Cc2ccccc2)CC(C)C(CNC(=O)OCc2cncs2)Cc2ccccc2)C(C)C)cs1. The summed E-state index contributed by atoms with van der Waals surface area (Å²) in [7, 11) is 1.72. The van der Waals surface area contributed by atoms with E-state index in [1.807, 2.05) is 55.6 Å². The molecule has 12 heteroatoms. The molecule has 0 radical (unpaired) electrons. The van der Waals surface area contributed by atoms with E-state index in [9.17, 15) is 14.4 Å². The number of rotatable bonds is 18. The molecule has 274 valence electrons. The van der Waals surface area contributed by atoms with Crippen molar-refractivity contribution in [2.45, 2.75) is 85.0 Å². The van der Waals surface area contributed by atoms with Crippen molar-refractivity contribution in [1.29, 1.82) is 0 Å². The predicted molar refractivity (Wildman–Crippen MR) is 205 cm³/mol. The Balaban J connectivity index is 1.45. The van der Waals surface area contributed by atoms with Gasteiger partial charge in [0.25, 0.3) is 0 Å². The van der Waals surface area contributed by atoms with Crippen molar-refractivity contribution in [1.82, 2.24) is 30.8 Å². The second-order valence-corrected chi connectivity index (χ2v) is 15.7. The first kappa shape index (κ1) is 39.5. The quantitative estimate of drug-likeness (QED) is 0.0978. The monoisotopic (exact) mass is 732 g/mol. The van der Waals surface area contributed by atoms with E-state index in [1.54, 1.807) is 35.0 Å². The predicted octanol–water partition coefficient (Wildman–Crippen LogP) is 7.43. The normalized spacial score (nSPS) is 13.6. The van der Waals surface area contributed by atoms with Crippen molar-refractivity contribution >= 4 is 40.7 Å². The molecule has 51 heavy (non-hydrogen) atoms. The average Bonchev–Trinajstić information content (AvgIpc) is 3.81. The van der Waals surface area contributed by atoms with Crippen LogP contribution in [0.15, 0.2) is 77.8 Å². The van der Waals surface area contributed by atoms with Gasteiger partial charge in [0.2, 0.25) is 5.91 Å². The van der Waals surface area contributed by atoms with Crippen molar-refractivity contribution in [3.8, 4) is 0 Å². The van der Waals surface area contributed by atoms with Gasteiger partial charge in [0.05, 0.1) is 27.6 Å². The Kier molecular flexibility index (Phi) is 15.4. The molecule has 4 rings (SSSR count). The fourth-order valence-corrected chi connectivity index (χ4v) is 7.22. The Bertz CT molecular complexity index is 1630. The number of carbonyl (C=O) groups excluding carboxylic acids is 3. The number of urea groups is 1. The first-order valence-electron chi connectivity index (χ1n) is 17.6. The summed E-state index contributed by atoms with van der Waals surface area (Å²) in [6.07, 6.45) is 3.25. The summed E-state index contributed by atoms with van der Waals surface area (Å²) < 4.78 is 5.44. The van der Waals surface area contributed by atoms with E-state index in [4.69, 9.17) is 4.74 Å². The molecule has 10 nitrogen and oxygen atoms in total. The molecule has 0 bridgehead atoms. The van der Waals surface area contributed by atoms with Crippen LogP contribution in [0.4, 0.5) is 9.59 Å². The van der Waals surface area contributed by atoms with Gasteiger partial charge in [0.15, 0.2) is 0 Å². The standard InChI is InChI=1S/C39H52N6O4S2/c1-26(2)35(44-38(47)45(6)22-33-24-50-37(43-33)27(3)4)36(46)42-32(19-30-15-11-8-12-16-30)17-28(5)31(18-29-13-9-7-10-14-29)20-41-39(48)49-23-34-21-40-25-51-34/h7-16,21,24-28,31-32,35H,17-20,22-23H2,1-6H3,(H,41,48)(H,42,46)(H,44,47)/t28?,31?,32-,35+/m1/s1. The summed E-state index contributed by atoms with van der Waals surface area (Å²) in [4.78, 5) is 51.1. The largest absolute Gasteiger partial charge is 0.444 e. The molecule has 4 aromatic rings. The minimum absolute atomic E-state index is 0.0645. The number of nitrogens with one attached hydrogen (secondary N) is 3. The van der Waals surface area contributed by atoms with E-state index in [1.165, 1.54) is 16.9 Å². The fraction of sp³-hybridized carbons (Fsp3) is 0.462. The number of aromatic nitrogens is 2. The van der Waals surface area contributed by atoms with Crippen LogP contribution in [-0.4, -0.2) is 58.6 Å². The molecule has 0 saturated carbocycles. The molecule has 0 aliphatic carbocycles. The zero-order valence-electron chi connectivity index (χ0n) is 30.5. The van der Waals surface area contributed by atoms with Crippen LogP contribution in [0, 0.1) is 17.8 Å². The third-order valence-corrected chi connectivity index (χ3v) is 10.8. The fourth-order valence-electron chi connectivity index (χ4n) is 5.88. The molecular weight excluding hydrogens is 681 g/mol. The molecule has 0 aliphatic rings. The molecule has 3 N–H and O–H groups in total. The highest BCUT2D eigenvalue weighted by Crippen LogP contribution is 2.24. The number of nitrogens with zero attached hydrogens (tertiary/aromatic N) is 3. The lowest BCUT2D eigenvalue weighted by Gasteiger charge is -2.31. The molecule has 0 fully saturated rings. The minimum atomic E-state index is -0.731. The number of amides is 4.